The van der Waals surface area contributed by atoms with Crippen molar-refractivity contribution in [1.82, 2.24) is 0 Å². The van der Waals surface area contributed by atoms with Crippen molar-refractivity contribution < 1.29 is 13.6 Å². The van der Waals surface area contributed by atoms with Crippen LogP contribution in [-0.2, 0) is 11.2 Å². The van der Waals surface area contributed by atoms with Crippen LogP contribution >= 0.6 is 0 Å². The van der Waals surface area contributed by atoms with E-state index < -0.39 is 11.6 Å². The molecule has 0 amide bonds. The number of hydrogen-bond acceptors (Lipinski definition) is 2. The Kier molecular flexibility index (Phi) is 3.39. The van der Waals surface area contributed by atoms with Gasteiger partial charge in [0.05, 0.1) is 5.69 Å². The minimum absolute atomic E-state index is 0.0780. The summed E-state index contributed by atoms with van der Waals surface area (Å²) >= 11 is 0. The molecule has 1 aromatic carbocycles. The van der Waals surface area contributed by atoms with Crippen LogP contribution in [0, 0.1) is 11.6 Å². The van der Waals surface area contributed by atoms with Crippen LogP contribution in [0.15, 0.2) is 12.1 Å². The second kappa shape index (κ2) is 4.38. The summed E-state index contributed by atoms with van der Waals surface area (Å²) in [5.41, 5.74) is 0.649. The number of ketones is 1. The van der Waals surface area contributed by atoms with Crippen LogP contribution in [0.1, 0.15) is 12.5 Å². The first-order valence-corrected chi connectivity index (χ1v) is 4.56. The van der Waals surface area contributed by atoms with Gasteiger partial charge in [-0.15, -0.1) is 0 Å². The summed E-state index contributed by atoms with van der Waals surface area (Å²) in [6.07, 6.45) is 0.123. The molecule has 2 nitrogen and oxygen atoms in total. The number of halogens is 2. The van der Waals surface area contributed by atoms with Gasteiger partial charge in [0, 0.05) is 20.5 Å². The lowest BCUT2D eigenvalue weighted by atomic mass is 10.1. The fraction of sp³-hybridized carbons (Fsp3) is 0.364. The van der Waals surface area contributed by atoms with E-state index in [9.17, 15) is 13.6 Å². The SMILES string of the molecule is CC(=O)Cc1cc(F)c(F)c(N(C)C)c1. The molecule has 82 valence electrons. The first-order chi connectivity index (χ1) is 6.91. The first-order valence-electron chi connectivity index (χ1n) is 4.56. The number of benzene rings is 1. The monoisotopic (exact) mass is 213 g/mol. The average molecular weight is 213 g/mol. The van der Waals surface area contributed by atoms with Crippen molar-refractivity contribution in [3.63, 3.8) is 0 Å². The standard InChI is InChI=1S/C11H13F2NO/c1-7(15)4-8-5-9(12)11(13)10(6-8)14(2)3/h5-6H,4H2,1-3H3. The van der Waals surface area contributed by atoms with Gasteiger partial charge in [-0.3, -0.25) is 4.79 Å². The summed E-state index contributed by atoms with van der Waals surface area (Å²) < 4.78 is 26.4. The van der Waals surface area contributed by atoms with Crippen LogP contribution in [0.2, 0.25) is 0 Å². The summed E-state index contributed by atoms with van der Waals surface area (Å²) in [5.74, 6) is -1.88. The summed E-state index contributed by atoms with van der Waals surface area (Å²) in [5, 5.41) is 0. The lowest BCUT2D eigenvalue weighted by Crippen LogP contribution is -2.12. The van der Waals surface area contributed by atoms with Crippen LogP contribution in [0.5, 0.6) is 0 Å². The van der Waals surface area contributed by atoms with Crippen molar-refractivity contribution >= 4 is 11.5 Å². The fourth-order valence-corrected chi connectivity index (χ4v) is 1.34. The fourth-order valence-electron chi connectivity index (χ4n) is 1.34. The van der Waals surface area contributed by atoms with Gasteiger partial charge in [0.25, 0.3) is 0 Å². The lowest BCUT2D eigenvalue weighted by Gasteiger charge is -2.15. The molecule has 0 bridgehead atoms. The van der Waals surface area contributed by atoms with Crippen LogP contribution in [-0.4, -0.2) is 19.9 Å². The molecule has 0 fully saturated rings. The summed E-state index contributed by atoms with van der Waals surface area (Å²) in [4.78, 5) is 12.3. The van der Waals surface area contributed by atoms with Crippen molar-refractivity contribution in [3.8, 4) is 0 Å². The zero-order valence-electron chi connectivity index (χ0n) is 8.97. The number of rotatable bonds is 3. The smallest absolute Gasteiger partial charge is 0.182 e. The minimum Gasteiger partial charge on any atom is -0.375 e. The molecule has 0 aliphatic heterocycles. The van der Waals surface area contributed by atoms with E-state index in [0.29, 0.717) is 5.56 Å². The zero-order chi connectivity index (χ0) is 11.6. The van der Waals surface area contributed by atoms with Gasteiger partial charge in [-0.05, 0) is 24.6 Å². The Balaban J connectivity index is 3.17. The Morgan fingerprint density at radius 3 is 2.40 bits per heavy atom. The number of carbonyl (C=O) groups excluding carboxylic acids is 1. The Morgan fingerprint density at radius 2 is 1.93 bits per heavy atom. The van der Waals surface area contributed by atoms with Gasteiger partial charge in [-0.1, -0.05) is 0 Å². The molecular formula is C11H13F2NO. The molecule has 0 saturated heterocycles. The van der Waals surface area contributed by atoms with E-state index in [1.54, 1.807) is 14.1 Å². The highest BCUT2D eigenvalue weighted by Gasteiger charge is 2.12. The number of carbonyl (C=O) groups is 1. The molecule has 0 atom stereocenters. The van der Waals surface area contributed by atoms with E-state index >= 15 is 0 Å². The van der Waals surface area contributed by atoms with Gasteiger partial charge in [0.1, 0.15) is 5.78 Å². The molecular weight excluding hydrogens is 200 g/mol. The van der Waals surface area contributed by atoms with E-state index in [1.807, 2.05) is 0 Å². The highest BCUT2D eigenvalue weighted by atomic mass is 19.2. The van der Waals surface area contributed by atoms with Crippen molar-refractivity contribution in [2.75, 3.05) is 19.0 Å². The number of nitrogens with zero attached hydrogens (tertiary/aromatic N) is 1. The Hall–Kier alpha value is -1.45. The van der Waals surface area contributed by atoms with Crippen molar-refractivity contribution in [2.45, 2.75) is 13.3 Å². The lowest BCUT2D eigenvalue weighted by molar-refractivity contribution is -0.116. The van der Waals surface area contributed by atoms with Gasteiger partial charge in [-0.2, -0.15) is 0 Å². The maximum Gasteiger partial charge on any atom is 0.182 e. The molecule has 15 heavy (non-hydrogen) atoms. The van der Waals surface area contributed by atoms with Crippen LogP contribution < -0.4 is 4.90 Å². The largest absolute Gasteiger partial charge is 0.375 e. The van der Waals surface area contributed by atoms with Crippen LogP contribution in [0.3, 0.4) is 0 Å². The quantitative estimate of drug-likeness (QED) is 0.766. The van der Waals surface area contributed by atoms with Gasteiger partial charge >= 0.3 is 0 Å². The first kappa shape index (κ1) is 11.6. The predicted octanol–water partition coefficient (Wildman–Crippen LogP) is 2.16. The molecule has 0 unspecified atom stereocenters. The summed E-state index contributed by atoms with van der Waals surface area (Å²) in [6.45, 7) is 1.41. The van der Waals surface area contributed by atoms with E-state index in [2.05, 4.69) is 0 Å². The second-order valence-electron chi connectivity index (χ2n) is 3.68. The third-order valence-electron chi connectivity index (χ3n) is 2.00. The highest BCUT2D eigenvalue weighted by molar-refractivity contribution is 5.78. The predicted molar refractivity (Wildman–Crippen MR) is 55.1 cm³/mol. The molecule has 0 spiro atoms. The number of hydrogen-bond donors (Lipinski definition) is 0. The third-order valence-corrected chi connectivity index (χ3v) is 2.00. The molecule has 0 saturated carbocycles. The summed E-state index contributed by atoms with van der Waals surface area (Å²) in [6, 6.07) is 2.55. The second-order valence-corrected chi connectivity index (χ2v) is 3.68. The van der Waals surface area contributed by atoms with E-state index in [0.717, 1.165) is 6.07 Å². The normalized spacial score (nSPS) is 10.2. The Labute approximate surface area is 87.5 Å². The average Bonchev–Trinajstić information content (AvgIpc) is 2.09. The maximum atomic E-state index is 13.3. The van der Waals surface area contributed by atoms with E-state index in [4.69, 9.17) is 0 Å². The maximum absolute atomic E-state index is 13.3. The van der Waals surface area contributed by atoms with E-state index in [1.165, 1.54) is 17.9 Å². The molecule has 1 aromatic rings. The van der Waals surface area contributed by atoms with Crippen molar-refractivity contribution in [2.24, 2.45) is 0 Å². The van der Waals surface area contributed by atoms with Crippen LogP contribution in [0.4, 0.5) is 14.5 Å². The van der Waals surface area contributed by atoms with Crippen molar-refractivity contribution in [1.29, 1.82) is 0 Å². The van der Waals surface area contributed by atoms with Crippen LogP contribution in [0.25, 0.3) is 0 Å². The zero-order valence-corrected chi connectivity index (χ0v) is 8.97. The molecule has 0 aliphatic carbocycles. The Morgan fingerprint density at radius 1 is 1.33 bits per heavy atom. The molecule has 0 heterocycles. The number of Topliss-reactive ketones (excluding diaryl/α,β-unsaturated/α-hetero) is 1. The number of anilines is 1. The van der Waals surface area contributed by atoms with E-state index in [-0.39, 0.29) is 17.9 Å². The third kappa shape index (κ3) is 2.75. The molecule has 1 rings (SSSR count). The molecule has 4 heteroatoms. The van der Waals surface area contributed by atoms with Gasteiger partial charge in [-0.25, -0.2) is 8.78 Å². The molecule has 0 radical (unpaired) electrons. The summed E-state index contributed by atoms with van der Waals surface area (Å²) in [7, 11) is 3.24. The Bertz CT molecular complexity index is 388. The van der Waals surface area contributed by atoms with Crippen molar-refractivity contribution in [3.05, 3.63) is 29.3 Å². The highest BCUT2D eigenvalue weighted by Crippen LogP contribution is 2.22. The molecule has 0 N–H and O–H groups in total. The molecule has 0 aromatic heterocycles. The topological polar surface area (TPSA) is 20.3 Å². The van der Waals surface area contributed by atoms with Gasteiger partial charge in [0.2, 0.25) is 0 Å². The van der Waals surface area contributed by atoms with Gasteiger partial charge < -0.3 is 4.90 Å². The van der Waals surface area contributed by atoms with Gasteiger partial charge in [0.15, 0.2) is 11.6 Å². The minimum atomic E-state index is -0.919. The molecule has 0 aliphatic rings.